The van der Waals surface area contributed by atoms with Gasteiger partial charge in [0.05, 0.1) is 6.61 Å². The molecule has 0 amide bonds. The van der Waals surface area contributed by atoms with Crippen LogP contribution in [0.3, 0.4) is 0 Å². The Hall–Kier alpha value is -1.83. The molecule has 0 aliphatic rings. The fourth-order valence-corrected chi connectivity index (χ4v) is 1.62. The summed E-state index contributed by atoms with van der Waals surface area (Å²) in [5.74, 6) is 0.606. The fourth-order valence-electron chi connectivity index (χ4n) is 1.62. The normalized spacial score (nSPS) is 10.1. The lowest BCUT2D eigenvalue weighted by Gasteiger charge is -2.09. The summed E-state index contributed by atoms with van der Waals surface area (Å²) < 4.78 is 18.3. The maximum absolute atomic E-state index is 12.8. The largest absolute Gasteiger partial charge is 0.493 e. The van der Waals surface area contributed by atoms with Crippen molar-refractivity contribution in [2.24, 2.45) is 0 Å². The van der Waals surface area contributed by atoms with Crippen molar-refractivity contribution in [1.29, 1.82) is 0 Å². The number of para-hydroxylation sites is 1. The highest BCUT2D eigenvalue weighted by Gasteiger charge is 2.04. The van der Waals surface area contributed by atoms with E-state index in [9.17, 15) is 4.39 Å². The summed E-state index contributed by atoms with van der Waals surface area (Å²) in [4.78, 5) is 0. The third kappa shape index (κ3) is 2.22. The Labute approximate surface area is 94.5 Å². The van der Waals surface area contributed by atoms with Crippen molar-refractivity contribution >= 4 is 0 Å². The summed E-state index contributed by atoms with van der Waals surface area (Å²) in [5, 5.41) is 0. The second-order valence-electron chi connectivity index (χ2n) is 3.44. The molecule has 0 aliphatic carbocycles. The lowest BCUT2D eigenvalue weighted by molar-refractivity contribution is 0.341. The predicted octanol–water partition coefficient (Wildman–Crippen LogP) is 3.89. The molecule has 2 rings (SSSR count). The first-order valence-electron chi connectivity index (χ1n) is 5.29. The molecule has 0 saturated heterocycles. The van der Waals surface area contributed by atoms with Gasteiger partial charge in [0.1, 0.15) is 11.6 Å². The topological polar surface area (TPSA) is 9.23 Å². The van der Waals surface area contributed by atoms with Gasteiger partial charge < -0.3 is 4.74 Å². The van der Waals surface area contributed by atoms with Crippen LogP contribution in [0.15, 0.2) is 48.5 Å². The average molecular weight is 216 g/mol. The minimum Gasteiger partial charge on any atom is -0.493 e. The number of benzene rings is 2. The van der Waals surface area contributed by atoms with Gasteiger partial charge in [0, 0.05) is 5.56 Å². The Morgan fingerprint density at radius 1 is 1.00 bits per heavy atom. The highest BCUT2D eigenvalue weighted by Crippen LogP contribution is 2.29. The van der Waals surface area contributed by atoms with E-state index in [1.807, 2.05) is 31.2 Å². The van der Waals surface area contributed by atoms with Gasteiger partial charge in [0.2, 0.25) is 0 Å². The Morgan fingerprint density at radius 2 is 1.69 bits per heavy atom. The van der Waals surface area contributed by atoms with Gasteiger partial charge in [0.25, 0.3) is 0 Å². The van der Waals surface area contributed by atoms with Gasteiger partial charge in [-0.2, -0.15) is 0 Å². The molecule has 1 nitrogen and oxygen atoms in total. The van der Waals surface area contributed by atoms with Crippen molar-refractivity contribution in [3.63, 3.8) is 0 Å². The summed E-state index contributed by atoms with van der Waals surface area (Å²) >= 11 is 0. The Bertz CT molecular complexity index is 462. The molecular weight excluding hydrogens is 203 g/mol. The number of rotatable bonds is 3. The maximum Gasteiger partial charge on any atom is 0.127 e. The molecule has 0 bridgehead atoms. The first-order chi connectivity index (χ1) is 7.81. The molecule has 0 heterocycles. The van der Waals surface area contributed by atoms with E-state index >= 15 is 0 Å². The van der Waals surface area contributed by atoms with Gasteiger partial charge in [-0.3, -0.25) is 0 Å². The van der Waals surface area contributed by atoms with Gasteiger partial charge in [-0.05, 0) is 30.7 Å². The molecule has 16 heavy (non-hydrogen) atoms. The predicted molar refractivity (Wildman–Crippen MR) is 63.0 cm³/mol. The molecule has 0 N–H and O–H groups in total. The fraction of sp³-hybridized carbons (Fsp3) is 0.143. The van der Waals surface area contributed by atoms with Crippen LogP contribution in [0.1, 0.15) is 6.92 Å². The van der Waals surface area contributed by atoms with Gasteiger partial charge in [-0.25, -0.2) is 4.39 Å². The van der Waals surface area contributed by atoms with Crippen LogP contribution in [0.4, 0.5) is 4.39 Å². The molecular formula is C14H13FO. The monoisotopic (exact) mass is 216 g/mol. The maximum atomic E-state index is 12.8. The third-order valence-corrected chi connectivity index (χ3v) is 2.34. The second kappa shape index (κ2) is 4.79. The Kier molecular flexibility index (Phi) is 3.20. The van der Waals surface area contributed by atoms with Gasteiger partial charge in [0.15, 0.2) is 0 Å². The van der Waals surface area contributed by atoms with Crippen molar-refractivity contribution in [2.45, 2.75) is 6.92 Å². The molecule has 0 aromatic heterocycles. The lowest BCUT2D eigenvalue weighted by atomic mass is 10.0. The van der Waals surface area contributed by atoms with Crippen LogP contribution in [0, 0.1) is 5.82 Å². The smallest absolute Gasteiger partial charge is 0.127 e. The number of halogens is 1. The molecule has 2 aromatic rings. The molecule has 0 saturated carbocycles. The van der Waals surface area contributed by atoms with E-state index in [-0.39, 0.29) is 5.82 Å². The zero-order valence-corrected chi connectivity index (χ0v) is 9.11. The number of ether oxygens (including phenoxy) is 1. The summed E-state index contributed by atoms with van der Waals surface area (Å²) in [5.41, 5.74) is 1.95. The summed E-state index contributed by atoms with van der Waals surface area (Å²) in [6, 6.07) is 14.2. The summed E-state index contributed by atoms with van der Waals surface area (Å²) in [6.45, 7) is 2.57. The molecule has 2 aromatic carbocycles. The number of hydrogen-bond donors (Lipinski definition) is 0. The molecule has 82 valence electrons. The SMILES string of the molecule is CCOc1ccccc1-c1ccc(F)cc1. The molecule has 0 radical (unpaired) electrons. The van der Waals surface area contributed by atoms with E-state index in [1.54, 1.807) is 12.1 Å². The van der Waals surface area contributed by atoms with Crippen LogP contribution in [0.25, 0.3) is 11.1 Å². The van der Waals surface area contributed by atoms with E-state index in [2.05, 4.69) is 0 Å². The molecule has 2 heteroatoms. The minimum atomic E-state index is -0.224. The van der Waals surface area contributed by atoms with Crippen molar-refractivity contribution in [3.05, 3.63) is 54.3 Å². The summed E-state index contributed by atoms with van der Waals surface area (Å²) in [7, 11) is 0. The van der Waals surface area contributed by atoms with E-state index in [0.717, 1.165) is 16.9 Å². The second-order valence-corrected chi connectivity index (χ2v) is 3.44. The van der Waals surface area contributed by atoms with Crippen molar-refractivity contribution < 1.29 is 9.13 Å². The zero-order valence-electron chi connectivity index (χ0n) is 9.11. The van der Waals surface area contributed by atoms with Crippen LogP contribution >= 0.6 is 0 Å². The van der Waals surface area contributed by atoms with Crippen LogP contribution in [-0.4, -0.2) is 6.61 Å². The Morgan fingerprint density at radius 3 is 2.38 bits per heavy atom. The van der Waals surface area contributed by atoms with E-state index in [0.29, 0.717) is 6.61 Å². The van der Waals surface area contributed by atoms with Crippen LogP contribution in [0.5, 0.6) is 5.75 Å². The van der Waals surface area contributed by atoms with Crippen LogP contribution in [0.2, 0.25) is 0 Å². The molecule has 0 fully saturated rings. The standard InChI is InChI=1S/C14H13FO/c1-2-16-14-6-4-3-5-13(14)11-7-9-12(15)10-8-11/h3-10H,2H2,1H3. The number of hydrogen-bond acceptors (Lipinski definition) is 1. The minimum absolute atomic E-state index is 0.224. The van der Waals surface area contributed by atoms with Crippen LogP contribution < -0.4 is 4.74 Å². The van der Waals surface area contributed by atoms with Gasteiger partial charge in [-0.15, -0.1) is 0 Å². The zero-order chi connectivity index (χ0) is 11.4. The molecule has 0 unspecified atom stereocenters. The van der Waals surface area contributed by atoms with Gasteiger partial charge >= 0.3 is 0 Å². The highest BCUT2D eigenvalue weighted by atomic mass is 19.1. The van der Waals surface area contributed by atoms with Crippen molar-refractivity contribution in [2.75, 3.05) is 6.61 Å². The van der Waals surface area contributed by atoms with E-state index < -0.39 is 0 Å². The molecule has 0 aliphatic heterocycles. The van der Waals surface area contributed by atoms with E-state index in [4.69, 9.17) is 4.74 Å². The van der Waals surface area contributed by atoms with Crippen molar-refractivity contribution in [3.8, 4) is 16.9 Å². The Balaban J connectivity index is 2.42. The first kappa shape index (κ1) is 10.7. The summed E-state index contributed by atoms with van der Waals surface area (Å²) in [6.07, 6.45) is 0. The van der Waals surface area contributed by atoms with Crippen molar-refractivity contribution in [1.82, 2.24) is 0 Å². The lowest BCUT2D eigenvalue weighted by Crippen LogP contribution is -1.93. The average Bonchev–Trinajstić information content (AvgIpc) is 2.32. The van der Waals surface area contributed by atoms with Gasteiger partial charge in [-0.1, -0.05) is 30.3 Å². The molecule has 0 spiro atoms. The quantitative estimate of drug-likeness (QED) is 0.756. The van der Waals surface area contributed by atoms with E-state index in [1.165, 1.54) is 12.1 Å². The molecule has 0 atom stereocenters. The highest BCUT2D eigenvalue weighted by molar-refractivity contribution is 5.70. The van der Waals surface area contributed by atoms with Crippen LogP contribution in [-0.2, 0) is 0 Å². The first-order valence-corrected chi connectivity index (χ1v) is 5.29. The third-order valence-electron chi connectivity index (χ3n) is 2.34.